The molecule has 3 rings (SSSR count). The van der Waals surface area contributed by atoms with Crippen LogP contribution >= 0.6 is 11.6 Å². The molecule has 0 saturated heterocycles. The first-order valence-electron chi connectivity index (χ1n) is 7.30. The highest BCUT2D eigenvalue weighted by molar-refractivity contribution is 6.32. The lowest BCUT2D eigenvalue weighted by Gasteiger charge is -2.08. The molecule has 9 heteroatoms. The van der Waals surface area contributed by atoms with Crippen LogP contribution in [0, 0.1) is 0 Å². The van der Waals surface area contributed by atoms with Crippen LogP contribution in [0.3, 0.4) is 0 Å². The van der Waals surface area contributed by atoms with Crippen molar-refractivity contribution in [2.24, 2.45) is 0 Å². The predicted octanol–water partition coefficient (Wildman–Crippen LogP) is 4.18. The van der Waals surface area contributed by atoms with Crippen LogP contribution in [0.25, 0.3) is 17.1 Å². The van der Waals surface area contributed by atoms with Crippen molar-refractivity contribution >= 4 is 40.3 Å². The molecule has 0 spiro atoms. The summed E-state index contributed by atoms with van der Waals surface area (Å²) in [6.45, 7) is 0. The minimum Gasteiger partial charge on any atom is -0.322 e. The highest BCUT2D eigenvalue weighted by Crippen LogP contribution is 2.32. The zero-order chi connectivity index (χ0) is 18.9. The number of amides is 1. The van der Waals surface area contributed by atoms with Crippen LogP contribution in [0.15, 0.2) is 47.3 Å². The Morgan fingerprint density at radius 1 is 1.08 bits per heavy atom. The van der Waals surface area contributed by atoms with Gasteiger partial charge in [-0.1, -0.05) is 11.6 Å². The van der Waals surface area contributed by atoms with E-state index in [4.69, 9.17) is 11.6 Å². The Morgan fingerprint density at radius 2 is 1.81 bits per heavy atom. The van der Waals surface area contributed by atoms with E-state index < -0.39 is 17.6 Å². The number of halogens is 4. The number of nitrogens with one attached hydrogen (secondary N) is 3. The Balaban J connectivity index is 1.77. The van der Waals surface area contributed by atoms with E-state index in [-0.39, 0.29) is 16.3 Å². The van der Waals surface area contributed by atoms with Crippen LogP contribution in [0.1, 0.15) is 11.1 Å². The van der Waals surface area contributed by atoms with Crippen molar-refractivity contribution in [2.75, 3.05) is 5.32 Å². The molecule has 1 aromatic heterocycles. The van der Waals surface area contributed by atoms with E-state index in [9.17, 15) is 22.8 Å². The first-order chi connectivity index (χ1) is 12.2. The second-order valence-corrected chi connectivity index (χ2v) is 5.80. The zero-order valence-electron chi connectivity index (χ0n) is 12.9. The number of hydrogen-bond acceptors (Lipinski definition) is 2. The molecule has 26 heavy (non-hydrogen) atoms. The van der Waals surface area contributed by atoms with Gasteiger partial charge in [-0.3, -0.25) is 4.79 Å². The van der Waals surface area contributed by atoms with E-state index in [2.05, 4.69) is 15.3 Å². The monoisotopic (exact) mass is 381 g/mol. The van der Waals surface area contributed by atoms with Crippen molar-refractivity contribution < 1.29 is 18.0 Å². The lowest BCUT2D eigenvalue weighted by Crippen LogP contribution is -2.08. The van der Waals surface area contributed by atoms with E-state index in [0.29, 0.717) is 16.7 Å². The molecular weight excluding hydrogens is 371 g/mol. The van der Waals surface area contributed by atoms with E-state index in [0.717, 1.165) is 24.3 Å². The summed E-state index contributed by atoms with van der Waals surface area (Å²) < 4.78 is 38.2. The van der Waals surface area contributed by atoms with E-state index in [1.807, 2.05) is 0 Å². The molecule has 0 atom stereocenters. The Bertz CT molecular complexity index is 1070. The zero-order valence-corrected chi connectivity index (χ0v) is 13.7. The largest absolute Gasteiger partial charge is 0.416 e. The van der Waals surface area contributed by atoms with Crippen molar-refractivity contribution in [1.82, 2.24) is 9.97 Å². The fraction of sp³-hybridized carbons (Fsp3) is 0.0588. The van der Waals surface area contributed by atoms with Gasteiger partial charge in [0, 0.05) is 16.8 Å². The smallest absolute Gasteiger partial charge is 0.322 e. The average molecular weight is 382 g/mol. The number of imidazole rings is 1. The van der Waals surface area contributed by atoms with Gasteiger partial charge in [0.15, 0.2) is 0 Å². The van der Waals surface area contributed by atoms with Crippen LogP contribution in [0.5, 0.6) is 0 Å². The highest BCUT2D eigenvalue weighted by atomic mass is 35.5. The summed E-state index contributed by atoms with van der Waals surface area (Å²) >= 11 is 5.87. The second kappa shape index (κ2) is 6.72. The van der Waals surface area contributed by atoms with Gasteiger partial charge >= 0.3 is 11.9 Å². The number of carbonyl (C=O) groups is 1. The van der Waals surface area contributed by atoms with Gasteiger partial charge in [0.05, 0.1) is 16.6 Å². The number of alkyl halides is 3. The van der Waals surface area contributed by atoms with Crippen molar-refractivity contribution in [3.05, 3.63) is 69.1 Å². The molecule has 0 aliphatic heterocycles. The minimum absolute atomic E-state index is 0.0714. The number of anilines is 1. The average Bonchev–Trinajstić information content (AvgIpc) is 2.92. The van der Waals surface area contributed by atoms with Crippen molar-refractivity contribution in [3.8, 4) is 0 Å². The number of aromatic amines is 2. The summed E-state index contributed by atoms with van der Waals surface area (Å²) in [5.41, 5.74) is 0.350. The minimum atomic E-state index is -4.50. The second-order valence-electron chi connectivity index (χ2n) is 5.40. The lowest BCUT2D eigenvalue weighted by molar-refractivity contribution is -0.137. The van der Waals surface area contributed by atoms with Crippen LogP contribution in [-0.2, 0) is 11.0 Å². The van der Waals surface area contributed by atoms with E-state index in [1.54, 1.807) is 18.2 Å². The molecular formula is C17H11ClF3N3O2. The summed E-state index contributed by atoms with van der Waals surface area (Å²) in [4.78, 5) is 28.3. The SMILES string of the molecule is O=C(/C=C/c1cc(C(F)(F)F)ccc1Cl)Nc1ccc2[nH]c(=O)[nH]c2c1. The summed E-state index contributed by atoms with van der Waals surface area (Å²) in [7, 11) is 0. The van der Waals surface area contributed by atoms with Gasteiger partial charge in [0.1, 0.15) is 0 Å². The molecule has 1 heterocycles. The number of rotatable bonds is 3. The normalized spacial score (nSPS) is 12.0. The number of benzene rings is 2. The molecule has 2 aromatic carbocycles. The lowest BCUT2D eigenvalue weighted by atomic mass is 10.1. The number of H-pyrrole nitrogens is 2. The van der Waals surface area contributed by atoms with Crippen LogP contribution in [-0.4, -0.2) is 15.9 Å². The maximum atomic E-state index is 12.7. The molecule has 0 aliphatic rings. The maximum Gasteiger partial charge on any atom is 0.416 e. The van der Waals surface area contributed by atoms with Gasteiger partial charge < -0.3 is 15.3 Å². The quantitative estimate of drug-likeness (QED) is 0.595. The first kappa shape index (κ1) is 17.8. The molecule has 3 aromatic rings. The third-order valence-corrected chi connectivity index (χ3v) is 3.87. The van der Waals surface area contributed by atoms with Crippen molar-refractivity contribution in [3.63, 3.8) is 0 Å². The molecule has 134 valence electrons. The fourth-order valence-electron chi connectivity index (χ4n) is 2.31. The molecule has 0 fully saturated rings. The van der Waals surface area contributed by atoms with Gasteiger partial charge in [-0.15, -0.1) is 0 Å². The molecule has 5 nitrogen and oxygen atoms in total. The standard InChI is InChI=1S/C17H11ClF3N3O2/c18-12-4-2-10(17(19,20)21)7-9(12)1-6-15(25)22-11-3-5-13-14(8-11)24-16(26)23-13/h1-8H,(H,22,25)(H2,23,24,26)/b6-1+. The first-order valence-corrected chi connectivity index (χ1v) is 7.68. The third kappa shape index (κ3) is 3.97. The molecule has 0 bridgehead atoms. The Morgan fingerprint density at radius 3 is 2.54 bits per heavy atom. The van der Waals surface area contributed by atoms with Gasteiger partial charge in [0.25, 0.3) is 0 Å². The van der Waals surface area contributed by atoms with Crippen LogP contribution in [0.4, 0.5) is 18.9 Å². The fourth-order valence-corrected chi connectivity index (χ4v) is 2.49. The van der Waals surface area contributed by atoms with Crippen LogP contribution < -0.4 is 11.0 Å². The number of fused-ring (bicyclic) bond motifs is 1. The maximum absolute atomic E-state index is 12.7. The van der Waals surface area contributed by atoms with Gasteiger partial charge in [-0.2, -0.15) is 13.2 Å². The molecule has 0 unspecified atom stereocenters. The Labute approximate surface area is 149 Å². The van der Waals surface area contributed by atoms with E-state index >= 15 is 0 Å². The van der Waals surface area contributed by atoms with Gasteiger partial charge in [-0.25, -0.2) is 4.79 Å². The van der Waals surface area contributed by atoms with Gasteiger partial charge in [0.2, 0.25) is 5.91 Å². The summed E-state index contributed by atoms with van der Waals surface area (Å²) in [5, 5.41) is 2.64. The molecule has 1 amide bonds. The highest BCUT2D eigenvalue weighted by Gasteiger charge is 2.30. The number of carbonyl (C=O) groups excluding carboxylic acids is 1. The Kier molecular flexibility index (Phi) is 4.60. The molecule has 0 aliphatic carbocycles. The number of aromatic nitrogens is 2. The summed E-state index contributed by atoms with van der Waals surface area (Å²) in [6.07, 6.45) is -2.23. The molecule has 3 N–H and O–H groups in total. The predicted molar refractivity (Wildman–Crippen MR) is 93.0 cm³/mol. The third-order valence-electron chi connectivity index (χ3n) is 3.52. The number of hydrogen-bond donors (Lipinski definition) is 3. The van der Waals surface area contributed by atoms with E-state index in [1.165, 1.54) is 6.08 Å². The van der Waals surface area contributed by atoms with Crippen LogP contribution in [0.2, 0.25) is 5.02 Å². The van der Waals surface area contributed by atoms with Crippen molar-refractivity contribution in [2.45, 2.75) is 6.18 Å². The van der Waals surface area contributed by atoms with Crippen molar-refractivity contribution in [1.29, 1.82) is 0 Å². The summed E-state index contributed by atoms with van der Waals surface area (Å²) in [6, 6.07) is 7.59. The summed E-state index contributed by atoms with van der Waals surface area (Å²) in [5.74, 6) is -0.560. The molecule has 0 radical (unpaired) electrons. The molecule has 0 saturated carbocycles. The topological polar surface area (TPSA) is 77.8 Å². The van der Waals surface area contributed by atoms with Gasteiger partial charge in [-0.05, 0) is 48.0 Å². The Hall–Kier alpha value is -3.00.